The fraction of sp³-hybridized carbons (Fsp3) is 0.250. The fourth-order valence-corrected chi connectivity index (χ4v) is 3.59. The summed E-state index contributed by atoms with van der Waals surface area (Å²) in [4.78, 5) is 32.8. The standard InChI is InChI=1S/C20H19ClN6O3S/c1-30-16-5-4-13(8-14(16)21)24-18(28)10-31-19-9-17(22-11-23-19)27-7-6-15(26-27)20(29)25-12-2-3-12/h4-9,11-12H,2-3,10H2,1H3,(H,24,28)(H,25,29). The summed E-state index contributed by atoms with van der Waals surface area (Å²) in [6.07, 6.45) is 5.08. The van der Waals surface area contributed by atoms with E-state index in [1.807, 2.05) is 0 Å². The number of anilines is 1. The second kappa shape index (κ2) is 9.36. The molecule has 1 saturated carbocycles. The van der Waals surface area contributed by atoms with Crippen molar-refractivity contribution in [2.45, 2.75) is 23.9 Å². The molecule has 160 valence electrons. The molecule has 0 unspecified atom stereocenters. The van der Waals surface area contributed by atoms with Crippen LogP contribution in [0.4, 0.5) is 5.69 Å². The average molecular weight is 459 g/mol. The Morgan fingerprint density at radius 2 is 2.10 bits per heavy atom. The SMILES string of the molecule is COc1ccc(NC(=O)CSc2cc(-n3ccc(C(=O)NC4CC4)n3)ncn2)cc1Cl. The van der Waals surface area contributed by atoms with Crippen molar-refractivity contribution in [1.29, 1.82) is 0 Å². The van der Waals surface area contributed by atoms with Gasteiger partial charge in [0, 0.05) is 24.0 Å². The number of thioether (sulfide) groups is 1. The van der Waals surface area contributed by atoms with Gasteiger partial charge in [-0.25, -0.2) is 14.6 Å². The van der Waals surface area contributed by atoms with E-state index in [2.05, 4.69) is 25.7 Å². The lowest BCUT2D eigenvalue weighted by atomic mass is 10.3. The highest BCUT2D eigenvalue weighted by molar-refractivity contribution is 7.99. The number of methoxy groups -OCH3 is 1. The van der Waals surface area contributed by atoms with Crippen LogP contribution in [0.15, 0.2) is 47.9 Å². The zero-order valence-electron chi connectivity index (χ0n) is 16.5. The minimum Gasteiger partial charge on any atom is -0.495 e. The molecule has 9 nitrogen and oxygen atoms in total. The molecule has 2 heterocycles. The van der Waals surface area contributed by atoms with E-state index < -0.39 is 0 Å². The quantitative estimate of drug-likeness (QED) is 0.394. The lowest BCUT2D eigenvalue weighted by molar-refractivity contribution is -0.113. The van der Waals surface area contributed by atoms with Crippen molar-refractivity contribution in [3.05, 3.63) is 53.6 Å². The van der Waals surface area contributed by atoms with Gasteiger partial charge in [-0.3, -0.25) is 9.59 Å². The molecule has 2 aromatic heterocycles. The normalized spacial score (nSPS) is 13.0. The monoisotopic (exact) mass is 458 g/mol. The minimum atomic E-state index is -0.204. The Balaban J connectivity index is 1.35. The molecule has 0 spiro atoms. The van der Waals surface area contributed by atoms with Crippen LogP contribution in [0.3, 0.4) is 0 Å². The lowest BCUT2D eigenvalue weighted by Crippen LogP contribution is -2.25. The zero-order valence-corrected chi connectivity index (χ0v) is 18.1. The summed E-state index contributed by atoms with van der Waals surface area (Å²) in [5.74, 6) is 0.790. The van der Waals surface area contributed by atoms with Crippen LogP contribution in [0.25, 0.3) is 5.82 Å². The van der Waals surface area contributed by atoms with Crippen molar-refractivity contribution >= 4 is 40.9 Å². The summed E-state index contributed by atoms with van der Waals surface area (Å²) < 4.78 is 6.61. The van der Waals surface area contributed by atoms with Gasteiger partial charge >= 0.3 is 0 Å². The first-order valence-corrected chi connectivity index (χ1v) is 10.8. The number of benzene rings is 1. The molecule has 31 heavy (non-hydrogen) atoms. The Kier molecular flexibility index (Phi) is 6.38. The van der Waals surface area contributed by atoms with Crippen LogP contribution in [-0.4, -0.2) is 50.5 Å². The molecule has 0 aliphatic heterocycles. The van der Waals surface area contributed by atoms with Crippen LogP contribution in [0, 0.1) is 0 Å². The third-order valence-corrected chi connectivity index (χ3v) is 5.60. The van der Waals surface area contributed by atoms with Crippen molar-refractivity contribution in [3.8, 4) is 11.6 Å². The average Bonchev–Trinajstić information content (AvgIpc) is 3.43. The van der Waals surface area contributed by atoms with Crippen molar-refractivity contribution in [2.24, 2.45) is 0 Å². The second-order valence-electron chi connectivity index (χ2n) is 6.79. The van der Waals surface area contributed by atoms with Crippen LogP contribution < -0.4 is 15.4 Å². The number of nitrogens with zero attached hydrogens (tertiary/aromatic N) is 4. The van der Waals surface area contributed by atoms with E-state index in [4.69, 9.17) is 16.3 Å². The Morgan fingerprint density at radius 3 is 2.84 bits per heavy atom. The summed E-state index contributed by atoms with van der Waals surface area (Å²) in [5, 5.41) is 11.0. The molecular weight excluding hydrogens is 440 g/mol. The number of carbonyl (C=O) groups excluding carboxylic acids is 2. The van der Waals surface area contributed by atoms with Gasteiger partial charge in [-0.05, 0) is 37.1 Å². The molecule has 11 heteroatoms. The van der Waals surface area contributed by atoms with Gasteiger partial charge in [-0.15, -0.1) is 0 Å². The number of ether oxygens (including phenoxy) is 1. The molecule has 1 aromatic carbocycles. The molecule has 1 aliphatic carbocycles. The third-order valence-electron chi connectivity index (χ3n) is 4.38. The van der Waals surface area contributed by atoms with E-state index in [1.54, 1.807) is 36.5 Å². The van der Waals surface area contributed by atoms with Crippen molar-refractivity contribution in [3.63, 3.8) is 0 Å². The lowest BCUT2D eigenvalue weighted by Gasteiger charge is -2.08. The highest BCUT2D eigenvalue weighted by Gasteiger charge is 2.24. The van der Waals surface area contributed by atoms with Crippen LogP contribution in [-0.2, 0) is 4.79 Å². The molecule has 1 aliphatic rings. The van der Waals surface area contributed by atoms with Gasteiger partial charge in [0.25, 0.3) is 5.91 Å². The van der Waals surface area contributed by atoms with Gasteiger partial charge in [0.2, 0.25) is 5.91 Å². The summed E-state index contributed by atoms with van der Waals surface area (Å²) >= 11 is 7.34. The first-order chi connectivity index (χ1) is 15.0. The van der Waals surface area contributed by atoms with Crippen molar-refractivity contribution in [2.75, 3.05) is 18.2 Å². The highest BCUT2D eigenvalue weighted by atomic mass is 35.5. The first-order valence-electron chi connectivity index (χ1n) is 9.47. The number of nitrogens with one attached hydrogen (secondary N) is 2. The molecule has 2 amide bonds. The molecule has 0 saturated heterocycles. The first kappa shape index (κ1) is 21.1. The molecule has 0 bridgehead atoms. The van der Waals surface area contributed by atoms with Gasteiger partial charge < -0.3 is 15.4 Å². The van der Waals surface area contributed by atoms with Gasteiger partial charge in [0.15, 0.2) is 11.5 Å². The number of carbonyl (C=O) groups is 2. The fourth-order valence-electron chi connectivity index (χ4n) is 2.67. The minimum absolute atomic E-state index is 0.147. The van der Waals surface area contributed by atoms with Gasteiger partial charge in [-0.1, -0.05) is 23.4 Å². The maximum absolute atomic E-state index is 12.3. The summed E-state index contributed by atoms with van der Waals surface area (Å²) in [6.45, 7) is 0. The Bertz CT molecular complexity index is 1120. The molecule has 4 rings (SSSR count). The molecule has 0 atom stereocenters. The van der Waals surface area contributed by atoms with Gasteiger partial charge in [-0.2, -0.15) is 5.10 Å². The predicted octanol–water partition coefficient (Wildman–Crippen LogP) is 2.95. The Morgan fingerprint density at radius 1 is 1.26 bits per heavy atom. The maximum atomic E-state index is 12.3. The van der Waals surface area contributed by atoms with Crippen LogP contribution >= 0.6 is 23.4 Å². The number of amides is 2. The second-order valence-corrected chi connectivity index (χ2v) is 8.20. The van der Waals surface area contributed by atoms with E-state index in [0.29, 0.717) is 33.0 Å². The van der Waals surface area contributed by atoms with E-state index in [-0.39, 0.29) is 23.6 Å². The van der Waals surface area contributed by atoms with E-state index >= 15 is 0 Å². The number of rotatable bonds is 8. The number of hydrogen-bond donors (Lipinski definition) is 2. The summed E-state index contributed by atoms with van der Waals surface area (Å²) in [7, 11) is 1.53. The number of halogens is 1. The predicted molar refractivity (Wildman–Crippen MR) is 117 cm³/mol. The maximum Gasteiger partial charge on any atom is 0.272 e. The summed E-state index contributed by atoms with van der Waals surface area (Å²) in [5.41, 5.74) is 0.908. The van der Waals surface area contributed by atoms with Crippen LogP contribution in [0.5, 0.6) is 5.75 Å². The molecule has 1 fully saturated rings. The molecule has 2 N–H and O–H groups in total. The topological polar surface area (TPSA) is 111 Å². The number of aromatic nitrogens is 4. The van der Waals surface area contributed by atoms with E-state index in [1.165, 1.54) is 29.9 Å². The summed E-state index contributed by atoms with van der Waals surface area (Å²) in [6, 6.07) is 8.63. The highest BCUT2D eigenvalue weighted by Crippen LogP contribution is 2.27. The van der Waals surface area contributed by atoms with Gasteiger partial charge in [0.05, 0.1) is 17.9 Å². The molecule has 0 radical (unpaired) electrons. The Hall–Kier alpha value is -3.11. The van der Waals surface area contributed by atoms with Crippen molar-refractivity contribution < 1.29 is 14.3 Å². The largest absolute Gasteiger partial charge is 0.495 e. The Labute approximate surface area is 187 Å². The van der Waals surface area contributed by atoms with E-state index in [9.17, 15) is 9.59 Å². The van der Waals surface area contributed by atoms with Gasteiger partial charge in [0.1, 0.15) is 17.1 Å². The van der Waals surface area contributed by atoms with E-state index in [0.717, 1.165) is 12.8 Å². The van der Waals surface area contributed by atoms with Crippen molar-refractivity contribution in [1.82, 2.24) is 25.1 Å². The molecular formula is C20H19ClN6O3S. The zero-order chi connectivity index (χ0) is 21.8. The number of hydrogen-bond acceptors (Lipinski definition) is 7. The molecule has 3 aromatic rings. The van der Waals surface area contributed by atoms with Crippen LogP contribution in [0.1, 0.15) is 23.3 Å². The third kappa shape index (κ3) is 5.53. The smallest absolute Gasteiger partial charge is 0.272 e. The van der Waals surface area contributed by atoms with Crippen LogP contribution in [0.2, 0.25) is 5.02 Å².